The number of thioether (sulfide) groups is 1. The van der Waals surface area contributed by atoms with Crippen LogP contribution >= 0.6 is 11.8 Å². The summed E-state index contributed by atoms with van der Waals surface area (Å²) in [5.74, 6) is 0.855. The van der Waals surface area contributed by atoms with E-state index in [2.05, 4.69) is 25.1 Å². The van der Waals surface area contributed by atoms with Crippen molar-refractivity contribution in [3.63, 3.8) is 0 Å². The molecule has 2 aromatic rings. The van der Waals surface area contributed by atoms with Gasteiger partial charge in [-0.2, -0.15) is 0 Å². The van der Waals surface area contributed by atoms with Crippen LogP contribution in [0.1, 0.15) is 33.1 Å². The monoisotopic (exact) mass is 375 g/mol. The third-order valence-corrected chi connectivity index (χ3v) is 5.19. The van der Waals surface area contributed by atoms with E-state index in [-0.39, 0.29) is 11.2 Å². The molecule has 8 heteroatoms. The number of pyridine rings is 1. The Morgan fingerprint density at radius 3 is 2.85 bits per heavy atom. The molecular formula is C18H25N5O2S. The van der Waals surface area contributed by atoms with Crippen molar-refractivity contribution in [1.29, 1.82) is 0 Å². The Bertz CT molecular complexity index is 718. The lowest BCUT2D eigenvalue weighted by molar-refractivity contribution is -0.120. The summed E-state index contributed by atoms with van der Waals surface area (Å²) in [6.45, 7) is 6.03. The van der Waals surface area contributed by atoms with Gasteiger partial charge in [0.25, 0.3) is 0 Å². The fraction of sp³-hybridized carbons (Fsp3) is 0.556. The Kier molecular flexibility index (Phi) is 6.62. The third kappa shape index (κ3) is 5.04. The fourth-order valence-corrected chi connectivity index (χ4v) is 3.40. The van der Waals surface area contributed by atoms with Crippen LogP contribution in [0.15, 0.2) is 29.7 Å². The van der Waals surface area contributed by atoms with Gasteiger partial charge in [-0.25, -0.2) is 0 Å². The Balaban J connectivity index is 1.74. The van der Waals surface area contributed by atoms with E-state index in [1.807, 2.05) is 26.0 Å². The van der Waals surface area contributed by atoms with Crippen molar-refractivity contribution in [3.8, 4) is 11.4 Å². The summed E-state index contributed by atoms with van der Waals surface area (Å²) >= 11 is 1.45. The third-order valence-electron chi connectivity index (χ3n) is 4.11. The average Bonchev–Trinajstić information content (AvgIpc) is 3.39. The molecule has 0 unspecified atom stereocenters. The first-order valence-electron chi connectivity index (χ1n) is 9.07. The zero-order chi connectivity index (χ0) is 18.4. The molecule has 1 atom stereocenters. The van der Waals surface area contributed by atoms with Gasteiger partial charge in [0.1, 0.15) is 0 Å². The lowest BCUT2D eigenvalue weighted by atomic mass is 10.2. The summed E-state index contributed by atoms with van der Waals surface area (Å²) in [6, 6.07) is 4.20. The predicted octanol–water partition coefficient (Wildman–Crippen LogP) is 2.53. The number of carbonyl (C=O) groups excluding carboxylic acids is 1. The number of amides is 1. The van der Waals surface area contributed by atoms with Crippen molar-refractivity contribution in [2.24, 2.45) is 0 Å². The maximum atomic E-state index is 12.3. The van der Waals surface area contributed by atoms with Crippen molar-refractivity contribution in [1.82, 2.24) is 25.1 Å². The highest BCUT2D eigenvalue weighted by Crippen LogP contribution is 2.28. The standard InChI is InChI=1S/C18H25N5O2S/c1-3-25-12-4-11-23-16(14-7-9-19-10-8-14)21-22-18(23)26-13(2)17(24)20-15-5-6-15/h7-10,13,15H,3-6,11-12H2,1-2H3,(H,20,24)/t13-/m0/s1. The van der Waals surface area contributed by atoms with Gasteiger partial charge in [-0.05, 0) is 45.2 Å². The van der Waals surface area contributed by atoms with E-state index in [1.54, 1.807) is 12.4 Å². The Labute approximate surface area is 157 Å². The lowest BCUT2D eigenvalue weighted by Crippen LogP contribution is -2.32. The van der Waals surface area contributed by atoms with Gasteiger partial charge in [0.15, 0.2) is 11.0 Å². The second-order valence-corrected chi connectivity index (χ2v) is 7.60. The summed E-state index contributed by atoms with van der Waals surface area (Å²) < 4.78 is 7.52. The minimum atomic E-state index is -0.212. The molecule has 26 heavy (non-hydrogen) atoms. The molecule has 1 N–H and O–H groups in total. The predicted molar refractivity (Wildman–Crippen MR) is 101 cm³/mol. The second kappa shape index (κ2) is 9.14. The van der Waals surface area contributed by atoms with Gasteiger partial charge in [0.05, 0.1) is 5.25 Å². The highest BCUT2D eigenvalue weighted by molar-refractivity contribution is 8.00. The molecule has 1 aliphatic rings. The second-order valence-electron chi connectivity index (χ2n) is 6.29. The van der Waals surface area contributed by atoms with Crippen molar-refractivity contribution < 1.29 is 9.53 Å². The first kappa shape index (κ1) is 18.8. The quantitative estimate of drug-likeness (QED) is 0.508. The van der Waals surface area contributed by atoms with Gasteiger partial charge >= 0.3 is 0 Å². The van der Waals surface area contributed by atoms with E-state index >= 15 is 0 Å². The average molecular weight is 375 g/mol. The fourth-order valence-electron chi connectivity index (χ4n) is 2.52. The van der Waals surface area contributed by atoms with Crippen LogP contribution in [-0.4, -0.2) is 50.2 Å². The van der Waals surface area contributed by atoms with Gasteiger partial charge in [-0.15, -0.1) is 10.2 Å². The Morgan fingerprint density at radius 1 is 1.38 bits per heavy atom. The molecule has 1 fully saturated rings. The Hall–Kier alpha value is -1.93. The number of hydrogen-bond donors (Lipinski definition) is 1. The molecule has 0 aliphatic heterocycles. The number of nitrogens with zero attached hydrogens (tertiary/aromatic N) is 4. The van der Waals surface area contributed by atoms with Crippen molar-refractivity contribution in [3.05, 3.63) is 24.5 Å². The molecule has 0 bridgehead atoms. The summed E-state index contributed by atoms with van der Waals surface area (Å²) in [5.41, 5.74) is 0.964. The van der Waals surface area contributed by atoms with E-state index in [9.17, 15) is 4.79 Å². The normalized spacial score (nSPS) is 15.0. The molecule has 0 radical (unpaired) electrons. The summed E-state index contributed by atoms with van der Waals surface area (Å²) in [6.07, 6.45) is 6.52. The molecule has 1 aliphatic carbocycles. The van der Waals surface area contributed by atoms with Crippen LogP contribution in [0.4, 0.5) is 0 Å². The number of carbonyl (C=O) groups is 1. The van der Waals surface area contributed by atoms with Crippen LogP contribution in [0.25, 0.3) is 11.4 Å². The van der Waals surface area contributed by atoms with Crippen LogP contribution in [0.2, 0.25) is 0 Å². The lowest BCUT2D eigenvalue weighted by Gasteiger charge is -2.13. The molecule has 3 rings (SSSR count). The molecule has 1 amide bonds. The van der Waals surface area contributed by atoms with Crippen molar-refractivity contribution in [2.75, 3.05) is 13.2 Å². The van der Waals surface area contributed by atoms with Crippen LogP contribution < -0.4 is 5.32 Å². The topological polar surface area (TPSA) is 81.9 Å². The van der Waals surface area contributed by atoms with Gasteiger partial charge < -0.3 is 14.6 Å². The number of rotatable bonds is 10. The molecule has 2 heterocycles. The van der Waals surface area contributed by atoms with E-state index in [0.29, 0.717) is 19.3 Å². The highest BCUT2D eigenvalue weighted by Gasteiger charge is 2.27. The molecule has 0 aromatic carbocycles. The van der Waals surface area contributed by atoms with Gasteiger partial charge in [0, 0.05) is 43.8 Å². The summed E-state index contributed by atoms with van der Waals surface area (Å²) in [5, 5.41) is 12.3. The molecule has 7 nitrogen and oxygen atoms in total. The van der Waals surface area contributed by atoms with E-state index < -0.39 is 0 Å². The SMILES string of the molecule is CCOCCCn1c(S[C@@H](C)C(=O)NC2CC2)nnc1-c1ccncc1. The van der Waals surface area contributed by atoms with E-state index in [4.69, 9.17) is 4.74 Å². The van der Waals surface area contributed by atoms with Gasteiger partial charge in [-0.3, -0.25) is 9.78 Å². The van der Waals surface area contributed by atoms with Crippen molar-refractivity contribution in [2.45, 2.75) is 56.1 Å². The van der Waals surface area contributed by atoms with Gasteiger partial charge in [-0.1, -0.05) is 11.8 Å². The van der Waals surface area contributed by atoms with Crippen LogP contribution in [0.5, 0.6) is 0 Å². The zero-order valence-electron chi connectivity index (χ0n) is 15.2. The molecule has 1 saturated carbocycles. The maximum absolute atomic E-state index is 12.3. The summed E-state index contributed by atoms with van der Waals surface area (Å²) in [7, 11) is 0. The maximum Gasteiger partial charge on any atom is 0.233 e. The number of ether oxygens (including phenoxy) is 1. The van der Waals surface area contributed by atoms with E-state index in [0.717, 1.165) is 42.4 Å². The van der Waals surface area contributed by atoms with E-state index in [1.165, 1.54) is 11.8 Å². The molecule has 140 valence electrons. The number of hydrogen-bond acceptors (Lipinski definition) is 6. The number of aromatic nitrogens is 4. The highest BCUT2D eigenvalue weighted by atomic mass is 32.2. The molecule has 2 aromatic heterocycles. The first-order chi connectivity index (χ1) is 12.7. The van der Waals surface area contributed by atoms with Crippen molar-refractivity contribution >= 4 is 17.7 Å². The van der Waals surface area contributed by atoms with Crippen LogP contribution in [-0.2, 0) is 16.1 Å². The molecule has 0 spiro atoms. The largest absolute Gasteiger partial charge is 0.382 e. The number of nitrogens with one attached hydrogen (secondary N) is 1. The van der Waals surface area contributed by atoms with Crippen LogP contribution in [0, 0.1) is 0 Å². The minimum absolute atomic E-state index is 0.0619. The summed E-state index contributed by atoms with van der Waals surface area (Å²) in [4.78, 5) is 16.3. The Morgan fingerprint density at radius 2 is 2.15 bits per heavy atom. The zero-order valence-corrected chi connectivity index (χ0v) is 16.0. The van der Waals surface area contributed by atoms with Crippen LogP contribution in [0.3, 0.4) is 0 Å². The first-order valence-corrected chi connectivity index (χ1v) is 9.95. The smallest absolute Gasteiger partial charge is 0.233 e. The minimum Gasteiger partial charge on any atom is -0.382 e. The van der Waals surface area contributed by atoms with Gasteiger partial charge in [0.2, 0.25) is 5.91 Å². The molecular weight excluding hydrogens is 350 g/mol. The molecule has 0 saturated heterocycles.